The average Bonchev–Trinajstić information content (AvgIpc) is 2.98. The Morgan fingerprint density at radius 1 is 0.636 bits per heavy atom. The molecule has 0 rings (SSSR count). The Morgan fingerprint density at radius 2 is 1.09 bits per heavy atom. The molecule has 0 aliphatic heterocycles. The first-order valence-electron chi connectivity index (χ1n) is 17.7. The molecular formula is C35H65O8P. The van der Waals surface area contributed by atoms with Crippen LogP contribution in [-0.4, -0.2) is 41.0 Å². The van der Waals surface area contributed by atoms with E-state index >= 15 is 0 Å². The molecule has 0 aliphatic carbocycles. The minimum atomic E-state index is -4.77. The summed E-state index contributed by atoms with van der Waals surface area (Å²) in [5, 5.41) is 0. The summed E-state index contributed by atoms with van der Waals surface area (Å²) in [6.45, 7) is 3.56. The van der Waals surface area contributed by atoms with E-state index in [0.717, 1.165) is 25.7 Å². The number of carbonyl (C=O) groups is 2. The van der Waals surface area contributed by atoms with Gasteiger partial charge in [-0.25, -0.2) is 9.36 Å². The van der Waals surface area contributed by atoms with Gasteiger partial charge in [0.15, 0.2) is 6.10 Å². The molecular weight excluding hydrogens is 579 g/mol. The zero-order valence-electron chi connectivity index (χ0n) is 28.1. The zero-order valence-corrected chi connectivity index (χ0v) is 29.0. The lowest BCUT2D eigenvalue weighted by Gasteiger charge is -2.17. The summed E-state index contributed by atoms with van der Waals surface area (Å²) >= 11 is 0. The lowest BCUT2D eigenvalue weighted by Crippen LogP contribution is -2.29. The maximum absolute atomic E-state index is 12.2. The fourth-order valence-corrected chi connectivity index (χ4v) is 5.29. The number of esters is 2. The molecule has 0 aromatic rings. The fraction of sp³-hybridized carbons (Fsp3) is 0.829. The Balaban J connectivity index is 4.09. The number of carbonyl (C=O) groups excluding carboxylic acids is 2. The third kappa shape index (κ3) is 33.4. The Bertz CT molecular complexity index is 777. The van der Waals surface area contributed by atoms with Gasteiger partial charge in [-0.05, 0) is 19.3 Å². The first-order chi connectivity index (χ1) is 21.3. The monoisotopic (exact) mass is 644 g/mol. The highest BCUT2D eigenvalue weighted by Gasteiger charge is 2.22. The van der Waals surface area contributed by atoms with Crippen LogP contribution >= 0.6 is 7.82 Å². The second kappa shape index (κ2) is 31.5. The van der Waals surface area contributed by atoms with Crippen LogP contribution in [0.1, 0.15) is 168 Å². The van der Waals surface area contributed by atoms with Crippen LogP contribution < -0.4 is 0 Å². The third-order valence-corrected chi connectivity index (χ3v) is 8.07. The molecule has 0 heterocycles. The molecule has 9 heteroatoms. The van der Waals surface area contributed by atoms with Crippen LogP contribution in [0.3, 0.4) is 0 Å². The molecule has 0 unspecified atom stereocenters. The van der Waals surface area contributed by atoms with Crippen molar-refractivity contribution in [3.8, 4) is 0 Å². The van der Waals surface area contributed by atoms with Crippen molar-refractivity contribution in [3.63, 3.8) is 0 Å². The lowest BCUT2D eigenvalue weighted by molar-refractivity contribution is -0.157. The van der Waals surface area contributed by atoms with E-state index in [1.807, 2.05) is 6.08 Å². The molecule has 2 N–H and O–H groups in total. The number of unbranched alkanes of at least 4 members (excludes halogenated alkanes) is 21. The van der Waals surface area contributed by atoms with Crippen LogP contribution in [0.5, 0.6) is 0 Å². The van der Waals surface area contributed by atoms with E-state index in [9.17, 15) is 14.2 Å². The molecule has 0 aromatic heterocycles. The van der Waals surface area contributed by atoms with Crippen LogP contribution in [0.25, 0.3) is 0 Å². The highest BCUT2D eigenvalue weighted by molar-refractivity contribution is 7.46. The number of hydrogen-bond acceptors (Lipinski definition) is 6. The number of rotatable bonds is 32. The van der Waals surface area contributed by atoms with Crippen molar-refractivity contribution in [2.45, 2.75) is 174 Å². The SMILES string of the molecule is CCCCCCCCCCCC=CC=CC(=O)O[C@H](COC(=O)CCCCCCCCCCCCCCC)COP(=O)(O)O. The Labute approximate surface area is 269 Å². The molecule has 0 fully saturated rings. The number of ether oxygens (including phenoxy) is 2. The first kappa shape index (κ1) is 42.5. The average molecular weight is 645 g/mol. The van der Waals surface area contributed by atoms with Gasteiger partial charge in [-0.3, -0.25) is 9.32 Å². The van der Waals surface area contributed by atoms with Crippen molar-refractivity contribution in [1.82, 2.24) is 0 Å². The molecule has 0 bridgehead atoms. The van der Waals surface area contributed by atoms with Gasteiger partial charge in [0.2, 0.25) is 0 Å². The van der Waals surface area contributed by atoms with E-state index < -0.39 is 32.5 Å². The van der Waals surface area contributed by atoms with Crippen LogP contribution in [0.2, 0.25) is 0 Å². The molecule has 0 radical (unpaired) electrons. The number of phosphoric ester groups is 1. The quantitative estimate of drug-likeness (QED) is 0.0244. The van der Waals surface area contributed by atoms with Crippen molar-refractivity contribution in [2.75, 3.05) is 13.2 Å². The van der Waals surface area contributed by atoms with Crippen molar-refractivity contribution < 1.29 is 37.9 Å². The molecule has 44 heavy (non-hydrogen) atoms. The topological polar surface area (TPSA) is 119 Å². The van der Waals surface area contributed by atoms with E-state index in [2.05, 4.69) is 18.4 Å². The summed E-state index contributed by atoms with van der Waals surface area (Å²) in [7, 11) is -4.77. The van der Waals surface area contributed by atoms with Crippen LogP contribution in [0.15, 0.2) is 24.3 Å². The molecule has 0 aliphatic rings. The predicted molar refractivity (Wildman–Crippen MR) is 179 cm³/mol. The largest absolute Gasteiger partial charge is 0.469 e. The zero-order chi connectivity index (χ0) is 32.6. The van der Waals surface area contributed by atoms with Crippen molar-refractivity contribution in [3.05, 3.63) is 24.3 Å². The van der Waals surface area contributed by atoms with Gasteiger partial charge >= 0.3 is 19.8 Å². The summed E-state index contributed by atoms with van der Waals surface area (Å²) in [5.74, 6) is -1.13. The fourth-order valence-electron chi connectivity index (χ4n) is 4.93. The maximum Gasteiger partial charge on any atom is 0.469 e. The van der Waals surface area contributed by atoms with Crippen molar-refractivity contribution in [2.24, 2.45) is 0 Å². The summed E-state index contributed by atoms with van der Waals surface area (Å²) in [6, 6.07) is 0. The summed E-state index contributed by atoms with van der Waals surface area (Å²) < 4.78 is 26.0. The number of phosphoric acid groups is 1. The second-order valence-electron chi connectivity index (χ2n) is 11.9. The van der Waals surface area contributed by atoms with E-state index in [1.54, 1.807) is 12.2 Å². The van der Waals surface area contributed by atoms with Crippen molar-refractivity contribution >= 4 is 19.8 Å². The van der Waals surface area contributed by atoms with Crippen LogP contribution in [0.4, 0.5) is 0 Å². The van der Waals surface area contributed by atoms with Crippen LogP contribution in [0, 0.1) is 0 Å². The molecule has 258 valence electrons. The van der Waals surface area contributed by atoms with Gasteiger partial charge in [-0.1, -0.05) is 160 Å². The molecule has 0 aromatic carbocycles. The normalized spacial score (nSPS) is 12.7. The molecule has 0 spiro atoms. The number of allylic oxidation sites excluding steroid dienone is 3. The van der Waals surface area contributed by atoms with E-state index in [-0.39, 0.29) is 13.0 Å². The first-order valence-corrected chi connectivity index (χ1v) is 19.2. The molecule has 1 atom stereocenters. The van der Waals surface area contributed by atoms with Crippen LogP contribution in [-0.2, 0) is 28.2 Å². The lowest BCUT2D eigenvalue weighted by atomic mass is 10.0. The predicted octanol–water partition coefficient (Wildman–Crippen LogP) is 10.1. The Kier molecular flexibility index (Phi) is 30.5. The molecule has 0 saturated heterocycles. The second-order valence-corrected chi connectivity index (χ2v) is 13.2. The molecule has 8 nitrogen and oxygen atoms in total. The van der Waals surface area contributed by atoms with Gasteiger partial charge in [-0.2, -0.15) is 0 Å². The Morgan fingerprint density at radius 3 is 1.57 bits per heavy atom. The van der Waals surface area contributed by atoms with Gasteiger partial charge < -0.3 is 19.3 Å². The highest BCUT2D eigenvalue weighted by atomic mass is 31.2. The summed E-state index contributed by atoms with van der Waals surface area (Å²) in [5.41, 5.74) is 0. The van der Waals surface area contributed by atoms with Gasteiger partial charge in [0.25, 0.3) is 0 Å². The van der Waals surface area contributed by atoms with E-state index in [0.29, 0.717) is 6.42 Å². The smallest absolute Gasteiger partial charge is 0.462 e. The molecule has 0 saturated carbocycles. The van der Waals surface area contributed by atoms with E-state index in [1.165, 1.54) is 122 Å². The van der Waals surface area contributed by atoms with Crippen molar-refractivity contribution in [1.29, 1.82) is 0 Å². The third-order valence-electron chi connectivity index (χ3n) is 7.58. The minimum Gasteiger partial charge on any atom is -0.462 e. The Hall–Kier alpha value is -1.47. The standard InChI is InChI=1S/C35H65O8P/c1-3-5-7-9-11-13-15-17-19-21-23-25-27-29-34(36)41-31-33(32-42-44(38,39)40)43-35(37)30-28-26-24-22-20-18-16-14-12-10-8-6-4-2/h24,26,28,30,33H,3-23,25,27,29,31-32H2,1-2H3,(H2,38,39,40)/t33-/m1/s1. The van der Waals surface area contributed by atoms with Gasteiger partial charge in [0.1, 0.15) is 6.61 Å². The van der Waals surface area contributed by atoms with Gasteiger partial charge in [0.05, 0.1) is 6.61 Å². The van der Waals surface area contributed by atoms with Gasteiger partial charge in [-0.15, -0.1) is 0 Å². The van der Waals surface area contributed by atoms with Gasteiger partial charge in [0, 0.05) is 12.5 Å². The minimum absolute atomic E-state index is 0.251. The highest BCUT2D eigenvalue weighted by Crippen LogP contribution is 2.35. The van der Waals surface area contributed by atoms with E-state index in [4.69, 9.17) is 19.3 Å². The maximum atomic E-state index is 12.2. The molecule has 0 amide bonds. The summed E-state index contributed by atoms with van der Waals surface area (Å²) in [4.78, 5) is 42.4. The summed E-state index contributed by atoms with van der Waals surface area (Å²) in [6.07, 6.45) is 33.9. The number of hydrogen-bond donors (Lipinski definition) is 2.